The summed E-state index contributed by atoms with van der Waals surface area (Å²) >= 11 is 0. The Morgan fingerprint density at radius 2 is 1.39 bits per heavy atom. The molecule has 0 bridgehead atoms. The van der Waals surface area contributed by atoms with Gasteiger partial charge in [0.1, 0.15) is 30.5 Å². The minimum atomic E-state index is -1.70. The Kier molecular flexibility index (Phi) is 6.30. The van der Waals surface area contributed by atoms with Gasteiger partial charge in [-0.25, -0.2) is 0 Å². The number of rotatable bonds is 4. The lowest BCUT2D eigenvalue weighted by Gasteiger charge is -2.45. The molecule has 4 unspecified atom stereocenters. The summed E-state index contributed by atoms with van der Waals surface area (Å²) in [6.07, 6.45) is -12.4. The van der Waals surface area contributed by atoms with Gasteiger partial charge in [0.05, 0.1) is 25.4 Å². The quantitative estimate of drug-likeness (QED) is 0.267. The van der Waals surface area contributed by atoms with E-state index in [1.165, 1.54) is 0 Å². The van der Waals surface area contributed by atoms with Crippen molar-refractivity contribution in [3.8, 4) is 0 Å². The molecule has 2 aliphatic heterocycles. The van der Waals surface area contributed by atoms with E-state index in [0.29, 0.717) is 0 Å². The average molecular weight is 340 g/mol. The Morgan fingerprint density at radius 1 is 0.783 bits per heavy atom. The number of aliphatic hydroxyl groups excluding tert-OH is 7. The van der Waals surface area contributed by atoms with E-state index in [1.54, 1.807) is 6.92 Å². The van der Waals surface area contributed by atoms with E-state index >= 15 is 0 Å². The van der Waals surface area contributed by atoms with Crippen molar-refractivity contribution in [3.63, 3.8) is 0 Å². The highest BCUT2D eigenvalue weighted by Crippen LogP contribution is 2.30. The molecule has 0 aromatic carbocycles. The Labute approximate surface area is 132 Å². The largest absolute Gasteiger partial charge is 0.394 e. The molecule has 2 rings (SSSR count). The first kappa shape index (κ1) is 18.9. The molecular weight excluding hydrogens is 316 g/mol. The van der Waals surface area contributed by atoms with Gasteiger partial charge in [-0.2, -0.15) is 0 Å². The molecule has 23 heavy (non-hydrogen) atoms. The number of hydrogen-bond donors (Lipinski definition) is 7. The molecule has 0 aromatic heterocycles. The zero-order chi connectivity index (χ0) is 17.3. The monoisotopic (exact) mass is 340 g/mol. The maximum Gasteiger partial charge on any atom is 0.187 e. The Hall–Kier alpha value is -0.400. The molecular formula is C13H24O10. The maximum atomic E-state index is 10.0. The Bertz CT molecular complexity index is 378. The SMILES string of the molecule is C[C@H]1C(CO)O[C@@H](O[C@@H]2C(CO)O[C@@H](O)[C@@H](O)C2O)[C@@H](O)C1O. The fraction of sp³-hybridized carbons (Fsp3) is 1.00. The molecule has 7 N–H and O–H groups in total. The van der Waals surface area contributed by atoms with Crippen LogP contribution < -0.4 is 0 Å². The standard InChI is InChI=1S/C13H24O10/c1-4-5(2-14)22-13(10(19)7(4)16)23-11-6(3-15)21-12(20)9(18)8(11)17/h4-20H,2-3H2,1H3/t4-,5?,6?,7?,8?,9-,10-,11+,12+,13-/m0/s1. The van der Waals surface area contributed by atoms with Gasteiger partial charge in [-0.3, -0.25) is 0 Å². The van der Waals surface area contributed by atoms with Crippen molar-refractivity contribution < 1.29 is 50.0 Å². The van der Waals surface area contributed by atoms with E-state index in [-0.39, 0.29) is 0 Å². The van der Waals surface area contributed by atoms with Gasteiger partial charge < -0.3 is 50.0 Å². The summed E-state index contributed by atoms with van der Waals surface area (Å²) in [4.78, 5) is 0. The van der Waals surface area contributed by atoms with E-state index in [0.717, 1.165) is 0 Å². The summed E-state index contributed by atoms with van der Waals surface area (Å²) in [5, 5.41) is 67.6. The highest BCUT2D eigenvalue weighted by molar-refractivity contribution is 4.92. The highest BCUT2D eigenvalue weighted by Gasteiger charge is 2.49. The summed E-state index contributed by atoms with van der Waals surface area (Å²) in [5.74, 6) is -0.552. The van der Waals surface area contributed by atoms with Gasteiger partial charge in [0.2, 0.25) is 0 Å². The zero-order valence-corrected chi connectivity index (χ0v) is 12.5. The Morgan fingerprint density at radius 3 is 1.96 bits per heavy atom. The smallest absolute Gasteiger partial charge is 0.187 e. The third kappa shape index (κ3) is 3.66. The van der Waals surface area contributed by atoms with Crippen LogP contribution in [0.1, 0.15) is 6.92 Å². The minimum absolute atomic E-state index is 0.417. The van der Waals surface area contributed by atoms with Gasteiger partial charge in [0.25, 0.3) is 0 Å². The van der Waals surface area contributed by atoms with Gasteiger partial charge in [-0.05, 0) is 0 Å². The van der Waals surface area contributed by atoms with E-state index in [2.05, 4.69) is 0 Å². The van der Waals surface area contributed by atoms with Crippen LogP contribution in [0.4, 0.5) is 0 Å². The summed E-state index contributed by atoms with van der Waals surface area (Å²) in [6, 6.07) is 0. The van der Waals surface area contributed by atoms with Gasteiger partial charge >= 0.3 is 0 Å². The van der Waals surface area contributed by atoms with Crippen LogP contribution in [0.25, 0.3) is 0 Å². The second-order valence-electron chi connectivity index (χ2n) is 5.90. The molecule has 0 aromatic rings. The highest BCUT2D eigenvalue weighted by atomic mass is 16.7. The van der Waals surface area contributed by atoms with E-state index < -0.39 is 74.4 Å². The van der Waals surface area contributed by atoms with Crippen molar-refractivity contribution in [2.45, 2.75) is 62.2 Å². The molecule has 2 aliphatic rings. The third-order valence-corrected chi connectivity index (χ3v) is 4.37. The van der Waals surface area contributed by atoms with Crippen LogP contribution in [-0.2, 0) is 14.2 Å². The zero-order valence-electron chi connectivity index (χ0n) is 12.5. The molecule has 0 amide bonds. The molecule has 10 nitrogen and oxygen atoms in total. The molecule has 0 aliphatic carbocycles. The molecule has 10 heteroatoms. The first-order valence-electron chi connectivity index (χ1n) is 7.40. The van der Waals surface area contributed by atoms with Crippen molar-refractivity contribution >= 4 is 0 Å². The first-order chi connectivity index (χ1) is 10.8. The topological polar surface area (TPSA) is 169 Å². The van der Waals surface area contributed by atoms with E-state index in [9.17, 15) is 35.7 Å². The lowest BCUT2D eigenvalue weighted by molar-refractivity contribution is -0.350. The van der Waals surface area contributed by atoms with Crippen molar-refractivity contribution in [3.05, 3.63) is 0 Å². The summed E-state index contributed by atoms with van der Waals surface area (Å²) in [6.45, 7) is 0.538. The van der Waals surface area contributed by atoms with Crippen molar-refractivity contribution in [1.29, 1.82) is 0 Å². The van der Waals surface area contributed by atoms with Crippen molar-refractivity contribution in [2.24, 2.45) is 5.92 Å². The van der Waals surface area contributed by atoms with Crippen LogP contribution in [-0.4, -0.2) is 104 Å². The Balaban J connectivity index is 2.11. The molecule has 2 saturated heterocycles. The normalized spacial score (nSPS) is 51.7. The fourth-order valence-electron chi connectivity index (χ4n) is 2.78. The second kappa shape index (κ2) is 7.66. The van der Waals surface area contributed by atoms with Crippen molar-refractivity contribution in [1.82, 2.24) is 0 Å². The van der Waals surface area contributed by atoms with Crippen molar-refractivity contribution in [2.75, 3.05) is 13.2 Å². The molecule has 136 valence electrons. The molecule has 0 saturated carbocycles. The predicted octanol–water partition coefficient (Wildman–Crippen LogP) is -4.12. The van der Waals surface area contributed by atoms with Crippen LogP contribution in [0, 0.1) is 5.92 Å². The number of ether oxygens (including phenoxy) is 3. The minimum Gasteiger partial charge on any atom is -0.394 e. The summed E-state index contributed by atoms with van der Waals surface area (Å²) in [7, 11) is 0. The molecule has 2 fully saturated rings. The molecule has 10 atom stereocenters. The number of aliphatic hydroxyl groups is 7. The predicted molar refractivity (Wildman–Crippen MR) is 71.8 cm³/mol. The fourth-order valence-corrected chi connectivity index (χ4v) is 2.78. The first-order valence-corrected chi connectivity index (χ1v) is 7.40. The van der Waals surface area contributed by atoms with Gasteiger partial charge in [-0.1, -0.05) is 6.92 Å². The number of hydrogen-bond acceptors (Lipinski definition) is 10. The van der Waals surface area contributed by atoms with E-state index in [1.807, 2.05) is 0 Å². The van der Waals surface area contributed by atoms with Gasteiger partial charge in [0, 0.05) is 5.92 Å². The van der Waals surface area contributed by atoms with Crippen LogP contribution in [0.2, 0.25) is 0 Å². The van der Waals surface area contributed by atoms with Crippen LogP contribution in [0.5, 0.6) is 0 Å². The van der Waals surface area contributed by atoms with Crippen LogP contribution >= 0.6 is 0 Å². The lowest BCUT2D eigenvalue weighted by atomic mass is 9.91. The van der Waals surface area contributed by atoms with Gasteiger partial charge in [-0.15, -0.1) is 0 Å². The lowest BCUT2D eigenvalue weighted by Crippen LogP contribution is -2.63. The second-order valence-corrected chi connectivity index (χ2v) is 5.90. The van der Waals surface area contributed by atoms with Crippen LogP contribution in [0.15, 0.2) is 0 Å². The molecule has 0 radical (unpaired) electrons. The molecule has 0 spiro atoms. The van der Waals surface area contributed by atoms with Gasteiger partial charge in [0.15, 0.2) is 12.6 Å². The molecule has 2 heterocycles. The third-order valence-electron chi connectivity index (χ3n) is 4.37. The van der Waals surface area contributed by atoms with E-state index in [4.69, 9.17) is 14.2 Å². The maximum absolute atomic E-state index is 10.0. The summed E-state index contributed by atoms with van der Waals surface area (Å²) in [5.41, 5.74) is 0. The summed E-state index contributed by atoms with van der Waals surface area (Å²) < 4.78 is 15.7. The average Bonchev–Trinajstić information content (AvgIpc) is 2.55. The van der Waals surface area contributed by atoms with Crippen LogP contribution in [0.3, 0.4) is 0 Å².